The number of hydrogen-bond donors (Lipinski definition) is 0. The Hall–Kier alpha value is -8.28. The van der Waals surface area contributed by atoms with Crippen LogP contribution in [0.2, 0.25) is 0 Å². The van der Waals surface area contributed by atoms with Crippen LogP contribution in [-0.4, -0.2) is 23.7 Å². The molecule has 0 saturated heterocycles. The summed E-state index contributed by atoms with van der Waals surface area (Å²) in [4.78, 5) is 11.0. The number of hydrogen-bond acceptors (Lipinski definition) is 2. The first-order valence-corrected chi connectivity index (χ1v) is 20.8. The first-order valence-electron chi connectivity index (χ1n) is 20.8. The minimum absolute atomic E-state index is 0.684. The second kappa shape index (κ2) is 13.1. The molecule has 9 aromatic carbocycles. The SMILES string of the molecule is c1ccc(-c2nc(-c3cccc(-n4c5ccccc5c5cc6ccccc6cc54)c3)nc3c4ccccc4n(-c4ccc5c(c4)c4ccccc4n5-c4ccccc4)c23)cc1. The molecule has 13 aromatic rings. The van der Waals surface area contributed by atoms with E-state index in [9.17, 15) is 0 Å². The number of para-hydroxylation sites is 4. The predicted octanol–water partition coefficient (Wildman–Crippen LogP) is 14.3. The van der Waals surface area contributed by atoms with E-state index < -0.39 is 0 Å². The summed E-state index contributed by atoms with van der Waals surface area (Å²) in [5.41, 5.74) is 13.8. The Morgan fingerprint density at radius 1 is 0.295 bits per heavy atom. The van der Waals surface area contributed by atoms with Gasteiger partial charge in [-0.15, -0.1) is 0 Å². The molecule has 4 aromatic heterocycles. The molecule has 61 heavy (non-hydrogen) atoms. The zero-order valence-corrected chi connectivity index (χ0v) is 32.9. The number of fused-ring (bicyclic) bond motifs is 10. The van der Waals surface area contributed by atoms with Crippen LogP contribution in [0.3, 0.4) is 0 Å². The molecule has 0 aliphatic heterocycles. The Kier molecular flexibility index (Phi) is 7.24. The summed E-state index contributed by atoms with van der Waals surface area (Å²) in [5, 5.41) is 8.40. The summed E-state index contributed by atoms with van der Waals surface area (Å²) < 4.78 is 7.11. The van der Waals surface area contributed by atoms with Gasteiger partial charge in [-0.05, 0) is 83.6 Å². The van der Waals surface area contributed by atoms with Crippen molar-refractivity contribution in [2.75, 3.05) is 0 Å². The largest absolute Gasteiger partial charge is 0.309 e. The van der Waals surface area contributed by atoms with Gasteiger partial charge in [0, 0.05) is 55.1 Å². The van der Waals surface area contributed by atoms with Gasteiger partial charge >= 0.3 is 0 Å². The average molecular weight is 778 g/mol. The topological polar surface area (TPSA) is 40.6 Å². The number of benzene rings is 9. The Morgan fingerprint density at radius 2 is 0.820 bits per heavy atom. The normalized spacial score (nSPS) is 11.9. The number of aromatic nitrogens is 5. The van der Waals surface area contributed by atoms with Gasteiger partial charge in [0.15, 0.2) is 5.82 Å². The summed E-state index contributed by atoms with van der Waals surface area (Å²) in [5.74, 6) is 0.684. The highest BCUT2D eigenvalue weighted by atomic mass is 15.0. The molecular formula is C56H35N5. The highest BCUT2D eigenvalue weighted by Crippen LogP contribution is 2.41. The number of nitrogens with zero attached hydrogens (tertiary/aromatic N) is 5. The van der Waals surface area contributed by atoms with Crippen molar-refractivity contribution < 1.29 is 0 Å². The van der Waals surface area contributed by atoms with Crippen LogP contribution in [0.15, 0.2) is 212 Å². The molecule has 0 amide bonds. The van der Waals surface area contributed by atoms with Crippen molar-refractivity contribution in [1.29, 1.82) is 0 Å². The van der Waals surface area contributed by atoms with Crippen molar-refractivity contribution >= 4 is 76.3 Å². The van der Waals surface area contributed by atoms with E-state index >= 15 is 0 Å². The van der Waals surface area contributed by atoms with E-state index in [0.717, 1.165) is 61.3 Å². The van der Waals surface area contributed by atoms with Crippen LogP contribution < -0.4 is 0 Å². The Bertz CT molecular complexity index is 3870. The predicted molar refractivity (Wildman–Crippen MR) is 253 cm³/mol. The molecule has 0 atom stereocenters. The molecule has 0 bridgehead atoms. The molecular weight excluding hydrogens is 743 g/mol. The van der Waals surface area contributed by atoms with Crippen molar-refractivity contribution in [3.05, 3.63) is 212 Å². The maximum atomic E-state index is 5.52. The zero-order chi connectivity index (χ0) is 40.0. The Morgan fingerprint density at radius 3 is 1.56 bits per heavy atom. The summed E-state index contributed by atoms with van der Waals surface area (Å²) in [6.07, 6.45) is 0. The summed E-state index contributed by atoms with van der Waals surface area (Å²) in [7, 11) is 0. The fourth-order valence-electron chi connectivity index (χ4n) is 9.71. The molecule has 0 aliphatic rings. The van der Waals surface area contributed by atoms with Crippen LogP contribution in [-0.2, 0) is 0 Å². The fourth-order valence-corrected chi connectivity index (χ4v) is 9.71. The van der Waals surface area contributed by atoms with Gasteiger partial charge < -0.3 is 13.7 Å². The van der Waals surface area contributed by atoms with Crippen LogP contribution in [0.25, 0.3) is 116 Å². The van der Waals surface area contributed by atoms with Gasteiger partial charge in [0.1, 0.15) is 5.52 Å². The molecule has 4 heterocycles. The third-order valence-corrected chi connectivity index (χ3v) is 12.4. The van der Waals surface area contributed by atoms with E-state index in [-0.39, 0.29) is 0 Å². The quantitative estimate of drug-likeness (QED) is 0.175. The monoisotopic (exact) mass is 777 g/mol. The van der Waals surface area contributed by atoms with E-state index in [1.54, 1.807) is 0 Å². The van der Waals surface area contributed by atoms with Crippen LogP contribution in [0.4, 0.5) is 0 Å². The highest BCUT2D eigenvalue weighted by molar-refractivity contribution is 6.15. The molecule has 0 spiro atoms. The standard InChI is InChI=1S/C56H35N5/c1-3-16-36(17-4-1)53-55-54(45-26-11-14-29-50(45)61(55)42-30-31-51-47(35-42)44-25-10-12-27-48(44)59(51)40-21-5-2-6-22-40)58-56(57-53)39-20-15-23-41(32-39)60-49-28-13-9-24-43(49)46-33-37-18-7-8-19-38(37)34-52(46)60/h1-35H. The second-order valence-corrected chi connectivity index (χ2v) is 15.8. The highest BCUT2D eigenvalue weighted by Gasteiger charge is 2.23. The van der Waals surface area contributed by atoms with Gasteiger partial charge in [0.25, 0.3) is 0 Å². The summed E-state index contributed by atoms with van der Waals surface area (Å²) >= 11 is 0. The minimum Gasteiger partial charge on any atom is -0.309 e. The molecule has 5 nitrogen and oxygen atoms in total. The van der Waals surface area contributed by atoms with Crippen molar-refractivity contribution in [2.24, 2.45) is 0 Å². The van der Waals surface area contributed by atoms with E-state index in [2.05, 4.69) is 226 Å². The molecule has 0 saturated carbocycles. The van der Waals surface area contributed by atoms with Gasteiger partial charge in [0.05, 0.1) is 38.8 Å². The van der Waals surface area contributed by atoms with Gasteiger partial charge in [-0.1, -0.05) is 140 Å². The lowest BCUT2D eigenvalue weighted by Crippen LogP contribution is -2.01. The maximum absolute atomic E-state index is 5.52. The van der Waals surface area contributed by atoms with Crippen LogP contribution in [0.1, 0.15) is 0 Å². The second-order valence-electron chi connectivity index (χ2n) is 15.8. The third kappa shape index (κ3) is 5.08. The fraction of sp³-hybridized carbons (Fsp3) is 0. The Labute approximate surface area is 350 Å². The van der Waals surface area contributed by atoms with Crippen LogP contribution in [0.5, 0.6) is 0 Å². The average Bonchev–Trinajstić information content (AvgIpc) is 3.96. The summed E-state index contributed by atoms with van der Waals surface area (Å²) in [6.45, 7) is 0. The van der Waals surface area contributed by atoms with E-state index in [1.165, 1.54) is 48.9 Å². The van der Waals surface area contributed by atoms with Crippen LogP contribution in [0, 0.1) is 0 Å². The van der Waals surface area contributed by atoms with Crippen LogP contribution >= 0.6 is 0 Å². The first kappa shape index (κ1) is 33.7. The Balaban J connectivity index is 1.06. The van der Waals surface area contributed by atoms with E-state index in [0.29, 0.717) is 5.82 Å². The van der Waals surface area contributed by atoms with E-state index in [1.807, 2.05) is 0 Å². The number of rotatable bonds is 5. The molecule has 0 radical (unpaired) electrons. The summed E-state index contributed by atoms with van der Waals surface area (Å²) in [6, 6.07) is 76.0. The lowest BCUT2D eigenvalue weighted by molar-refractivity contribution is 1.14. The van der Waals surface area contributed by atoms with Crippen molar-refractivity contribution in [3.8, 4) is 39.7 Å². The van der Waals surface area contributed by atoms with Crippen molar-refractivity contribution in [3.63, 3.8) is 0 Å². The maximum Gasteiger partial charge on any atom is 0.160 e. The molecule has 13 rings (SSSR count). The minimum atomic E-state index is 0.684. The van der Waals surface area contributed by atoms with Crippen molar-refractivity contribution in [1.82, 2.24) is 23.7 Å². The lowest BCUT2D eigenvalue weighted by Gasteiger charge is -2.14. The molecule has 0 fully saturated rings. The molecule has 0 unspecified atom stereocenters. The third-order valence-electron chi connectivity index (χ3n) is 12.4. The first-order chi connectivity index (χ1) is 30.3. The molecule has 5 heteroatoms. The van der Waals surface area contributed by atoms with Crippen molar-refractivity contribution in [2.45, 2.75) is 0 Å². The van der Waals surface area contributed by atoms with Gasteiger partial charge in [0.2, 0.25) is 0 Å². The van der Waals surface area contributed by atoms with Gasteiger partial charge in [-0.3, -0.25) is 0 Å². The molecule has 0 aliphatic carbocycles. The lowest BCUT2D eigenvalue weighted by atomic mass is 10.1. The smallest absolute Gasteiger partial charge is 0.160 e. The zero-order valence-electron chi connectivity index (χ0n) is 32.9. The van der Waals surface area contributed by atoms with Gasteiger partial charge in [-0.25, -0.2) is 9.97 Å². The molecule has 0 N–H and O–H groups in total. The van der Waals surface area contributed by atoms with E-state index in [4.69, 9.17) is 9.97 Å². The van der Waals surface area contributed by atoms with Gasteiger partial charge in [-0.2, -0.15) is 0 Å². The molecule has 284 valence electrons.